The molecular weight excluding hydrogens is 511 g/mol. The van der Waals surface area contributed by atoms with Gasteiger partial charge in [-0.2, -0.15) is 0 Å². The van der Waals surface area contributed by atoms with E-state index in [1.807, 2.05) is 30.8 Å². The molecule has 0 aromatic carbocycles. The van der Waals surface area contributed by atoms with Crippen LogP contribution in [0.15, 0.2) is 34.9 Å². The zero-order valence-corrected chi connectivity index (χ0v) is 21.5. The SMILES string of the molecule is CN=C(NCc1nccn1CC(C)C)NCC(c1cccs1)N1CCOC(C)C1.I. The van der Waals surface area contributed by atoms with Crippen molar-refractivity contribution in [2.24, 2.45) is 10.9 Å². The van der Waals surface area contributed by atoms with Gasteiger partial charge in [-0.15, -0.1) is 35.3 Å². The maximum Gasteiger partial charge on any atom is 0.191 e. The van der Waals surface area contributed by atoms with E-state index in [0.717, 1.165) is 44.6 Å². The predicted octanol–water partition coefficient (Wildman–Crippen LogP) is 3.35. The van der Waals surface area contributed by atoms with Crippen molar-refractivity contribution < 1.29 is 4.74 Å². The number of hydrogen-bond donors (Lipinski definition) is 2. The van der Waals surface area contributed by atoms with Crippen molar-refractivity contribution >= 4 is 41.3 Å². The number of imidazole rings is 1. The Bertz CT molecular complexity index is 763. The van der Waals surface area contributed by atoms with Gasteiger partial charge in [-0.05, 0) is 24.3 Å². The van der Waals surface area contributed by atoms with Gasteiger partial charge < -0.3 is 19.9 Å². The Morgan fingerprint density at radius 2 is 2.23 bits per heavy atom. The minimum absolute atomic E-state index is 0. The molecule has 9 heteroatoms. The number of guanidine groups is 1. The first kappa shape index (κ1) is 25.1. The Balaban J connectivity index is 0.00000320. The maximum absolute atomic E-state index is 5.74. The van der Waals surface area contributed by atoms with E-state index in [1.54, 1.807) is 0 Å². The van der Waals surface area contributed by atoms with Crippen LogP contribution >= 0.6 is 35.3 Å². The molecule has 0 radical (unpaired) electrons. The van der Waals surface area contributed by atoms with Crippen LogP contribution in [-0.2, 0) is 17.8 Å². The van der Waals surface area contributed by atoms with Crippen LogP contribution in [0.5, 0.6) is 0 Å². The highest BCUT2D eigenvalue weighted by Crippen LogP contribution is 2.26. The summed E-state index contributed by atoms with van der Waals surface area (Å²) in [6, 6.07) is 4.65. The van der Waals surface area contributed by atoms with Gasteiger partial charge in [0.25, 0.3) is 0 Å². The number of aromatic nitrogens is 2. The average Bonchev–Trinajstić information content (AvgIpc) is 3.36. The van der Waals surface area contributed by atoms with E-state index in [0.29, 0.717) is 18.5 Å². The third-order valence-electron chi connectivity index (χ3n) is 5.05. The van der Waals surface area contributed by atoms with Crippen LogP contribution in [0.25, 0.3) is 0 Å². The third-order valence-corrected chi connectivity index (χ3v) is 6.02. The Hall–Kier alpha value is -1.17. The van der Waals surface area contributed by atoms with Gasteiger partial charge in [0.15, 0.2) is 5.96 Å². The summed E-state index contributed by atoms with van der Waals surface area (Å²) in [5, 5.41) is 9.08. The molecule has 2 atom stereocenters. The van der Waals surface area contributed by atoms with Crippen molar-refractivity contribution in [1.82, 2.24) is 25.1 Å². The summed E-state index contributed by atoms with van der Waals surface area (Å²) in [5.74, 6) is 2.41. The van der Waals surface area contributed by atoms with E-state index in [1.165, 1.54) is 4.88 Å². The largest absolute Gasteiger partial charge is 0.376 e. The Morgan fingerprint density at radius 1 is 1.40 bits per heavy atom. The molecule has 30 heavy (non-hydrogen) atoms. The van der Waals surface area contributed by atoms with Crippen LogP contribution in [0.4, 0.5) is 0 Å². The van der Waals surface area contributed by atoms with Crippen molar-refractivity contribution in [3.8, 4) is 0 Å². The van der Waals surface area contributed by atoms with Crippen molar-refractivity contribution in [2.45, 2.75) is 46.0 Å². The van der Waals surface area contributed by atoms with E-state index in [4.69, 9.17) is 4.74 Å². The van der Waals surface area contributed by atoms with E-state index in [2.05, 4.69) is 68.4 Å². The summed E-state index contributed by atoms with van der Waals surface area (Å²) in [7, 11) is 1.81. The van der Waals surface area contributed by atoms with E-state index in [9.17, 15) is 0 Å². The number of hydrogen-bond acceptors (Lipinski definition) is 5. The maximum atomic E-state index is 5.74. The van der Waals surface area contributed by atoms with Crippen molar-refractivity contribution in [1.29, 1.82) is 0 Å². The fourth-order valence-corrected chi connectivity index (χ4v) is 4.52. The molecule has 3 rings (SSSR count). The Labute approximate surface area is 201 Å². The second-order valence-corrected chi connectivity index (χ2v) is 8.88. The fraction of sp³-hybridized carbons (Fsp3) is 0.619. The van der Waals surface area contributed by atoms with Gasteiger partial charge in [0.2, 0.25) is 0 Å². The third kappa shape index (κ3) is 7.21. The lowest BCUT2D eigenvalue weighted by Crippen LogP contribution is -2.48. The lowest BCUT2D eigenvalue weighted by Gasteiger charge is -2.37. The van der Waals surface area contributed by atoms with E-state index < -0.39 is 0 Å². The van der Waals surface area contributed by atoms with Gasteiger partial charge >= 0.3 is 0 Å². The summed E-state index contributed by atoms with van der Waals surface area (Å²) >= 11 is 1.81. The van der Waals surface area contributed by atoms with Crippen LogP contribution in [-0.4, -0.2) is 59.8 Å². The number of morpholine rings is 1. The number of thiophene rings is 1. The zero-order valence-electron chi connectivity index (χ0n) is 18.4. The molecule has 1 fully saturated rings. The zero-order chi connectivity index (χ0) is 20.6. The number of nitrogens with zero attached hydrogens (tertiary/aromatic N) is 4. The van der Waals surface area contributed by atoms with Crippen LogP contribution in [0.1, 0.15) is 37.5 Å². The van der Waals surface area contributed by atoms with Gasteiger partial charge in [-0.3, -0.25) is 9.89 Å². The van der Waals surface area contributed by atoms with Crippen LogP contribution in [0, 0.1) is 5.92 Å². The molecule has 0 amide bonds. The Morgan fingerprint density at radius 3 is 2.90 bits per heavy atom. The number of halogens is 1. The average molecular weight is 547 g/mol. The molecule has 168 valence electrons. The standard InChI is InChI=1S/C21H34N6OS.HI/c1-16(2)14-27-8-7-23-20(27)13-25-21(22-4)24-12-18(19-6-5-11-29-19)26-9-10-28-17(3)15-26;/h5-8,11,16-18H,9-10,12-15H2,1-4H3,(H2,22,24,25);1H. The monoisotopic (exact) mass is 546 g/mol. The summed E-state index contributed by atoms with van der Waals surface area (Å²) in [6.07, 6.45) is 4.17. The molecule has 7 nitrogen and oxygen atoms in total. The lowest BCUT2D eigenvalue weighted by atomic mass is 10.1. The van der Waals surface area contributed by atoms with E-state index >= 15 is 0 Å². The van der Waals surface area contributed by atoms with Crippen LogP contribution in [0.3, 0.4) is 0 Å². The molecule has 0 bridgehead atoms. The molecule has 2 aromatic rings. The number of nitrogens with one attached hydrogen (secondary N) is 2. The Kier molecular flexibility index (Phi) is 10.6. The van der Waals surface area contributed by atoms with Gasteiger partial charge in [0.1, 0.15) is 5.82 Å². The smallest absolute Gasteiger partial charge is 0.191 e. The molecule has 0 saturated carbocycles. The fourth-order valence-electron chi connectivity index (χ4n) is 3.66. The van der Waals surface area contributed by atoms with Gasteiger partial charge in [-0.25, -0.2) is 4.98 Å². The quantitative estimate of drug-likeness (QED) is 0.302. The number of ether oxygens (including phenoxy) is 1. The second kappa shape index (κ2) is 12.6. The molecule has 3 heterocycles. The van der Waals surface area contributed by atoms with Crippen LogP contribution in [0.2, 0.25) is 0 Å². The van der Waals surface area contributed by atoms with Crippen molar-refractivity contribution in [2.75, 3.05) is 33.3 Å². The summed E-state index contributed by atoms with van der Waals surface area (Å²) in [5.41, 5.74) is 0. The highest BCUT2D eigenvalue weighted by Gasteiger charge is 2.26. The summed E-state index contributed by atoms with van der Waals surface area (Å²) < 4.78 is 7.94. The highest BCUT2D eigenvalue weighted by molar-refractivity contribution is 14.0. The lowest BCUT2D eigenvalue weighted by molar-refractivity contribution is -0.0334. The topological polar surface area (TPSA) is 66.7 Å². The first-order chi connectivity index (χ1) is 14.1. The molecule has 0 aliphatic carbocycles. The number of rotatable bonds is 8. The predicted molar refractivity (Wildman–Crippen MR) is 135 cm³/mol. The van der Waals surface area contributed by atoms with Crippen molar-refractivity contribution in [3.63, 3.8) is 0 Å². The summed E-state index contributed by atoms with van der Waals surface area (Å²) in [6.45, 7) is 11.7. The normalized spacial score (nSPS) is 18.8. The second-order valence-electron chi connectivity index (χ2n) is 7.90. The molecular formula is C21H35IN6OS. The first-order valence-corrected chi connectivity index (χ1v) is 11.3. The highest BCUT2D eigenvalue weighted by atomic mass is 127. The molecule has 1 aliphatic heterocycles. The molecule has 2 unspecified atom stereocenters. The minimum Gasteiger partial charge on any atom is -0.376 e. The van der Waals surface area contributed by atoms with E-state index in [-0.39, 0.29) is 30.1 Å². The van der Waals surface area contributed by atoms with Crippen molar-refractivity contribution in [3.05, 3.63) is 40.6 Å². The summed E-state index contributed by atoms with van der Waals surface area (Å²) in [4.78, 5) is 12.8. The molecule has 2 aromatic heterocycles. The molecule has 0 spiro atoms. The molecule has 2 N–H and O–H groups in total. The van der Waals surface area contributed by atoms with Crippen LogP contribution < -0.4 is 10.6 Å². The first-order valence-electron chi connectivity index (χ1n) is 10.4. The van der Waals surface area contributed by atoms with Gasteiger partial charge in [0, 0.05) is 50.5 Å². The van der Waals surface area contributed by atoms with Gasteiger partial charge in [-0.1, -0.05) is 19.9 Å². The van der Waals surface area contributed by atoms with Gasteiger partial charge in [0.05, 0.1) is 25.3 Å². The molecule has 1 aliphatic rings. The minimum atomic E-state index is 0. The number of aliphatic imine (C=N–C) groups is 1. The molecule has 1 saturated heterocycles.